The first-order valence-electron chi connectivity index (χ1n) is 4.34. The lowest BCUT2D eigenvalue weighted by atomic mass is 10.1. The highest BCUT2D eigenvalue weighted by molar-refractivity contribution is 6.28. The van der Waals surface area contributed by atoms with Gasteiger partial charge in [-0.2, -0.15) is 0 Å². The van der Waals surface area contributed by atoms with Crippen LogP contribution in [0, 0.1) is 6.92 Å². The third kappa shape index (κ3) is 3.47. The van der Waals surface area contributed by atoms with Crippen LogP contribution < -0.4 is 5.32 Å². The predicted molar refractivity (Wildman–Crippen MR) is 56.6 cm³/mol. The molecule has 0 amide bonds. The number of halogens is 1. The molecule has 0 spiro atoms. The largest absolute Gasteiger partial charge is 0.389 e. The quantitative estimate of drug-likeness (QED) is 0.753. The van der Waals surface area contributed by atoms with Gasteiger partial charge in [-0.05, 0) is 32.4 Å². The molecule has 0 bridgehead atoms. The van der Waals surface area contributed by atoms with Crippen molar-refractivity contribution in [2.75, 3.05) is 11.9 Å². The molecule has 0 aliphatic heterocycles. The molecule has 0 aromatic carbocycles. The Morgan fingerprint density at radius 2 is 2.21 bits per heavy atom. The molecule has 0 fully saturated rings. The van der Waals surface area contributed by atoms with Crippen molar-refractivity contribution in [1.29, 1.82) is 0 Å². The highest BCUT2D eigenvalue weighted by Crippen LogP contribution is 2.13. The number of hydrogen-bond acceptors (Lipinski definition) is 4. The number of hydrogen-bond donors (Lipinski definition) is 2. The van der Waals surface area contributed by atoms with Gasteiger partial charge in [0.05, 0.1) is 5.60 Å². The molecule has 0 aliphatic carbocycles. The van der Waals surface area contributed by atoms with E-state index < -0.39 is 5.60 Å². The molecule has 0 radical (unpaired) electrons. The summed E-state index contributed by atoms with van der Waals surface area (Å²) in [6.45, 7) is 5.74. The van der Waals surface area contributed by atoms with Crippen LogP contribution in [0.3, 0.4) is 0 Å². The first-order chi connectivity index (χ1) is 6.38. The monoisotopic (exact) mass is 215 g/mol. The van der Waals surface area contributed by atoms with Gasteiger partial charge in [-0.1, -0.05) is 0 Å². The van der Waals surface area contributed by atoms with Gasteiger partial charge in [-0.15, -0.1) is 0 Å². The third-order valence-electron chi connectivity index (χ3n) is 1.63. The Morgan fingerprint density at radius 3 is 2.79 bits per heavy atom. The highest BCUT2D eigenvalue weighted by atomic mass is 35.5. The van der Waals surface area contributed by atoms with E-state index in [1.165, 1.54) is 0 Å². The van der Waals surface area contributed by atoms with Crippen LogP contribution in [0.1, 0.15) is 19.4 Å². The summed E-state index contributed by atoms with van der Waals surface area (Å²) >= 11 is 5.64. The second kappa shape index (κ2) is 4.11. The van der Waals surface area contributed by atoms with Gasteiger partial charge in [0.25, 0.3) is 0 Å². The molecule has 1 rings (SSSR count). The Kier molecular flexibility index (Phi) is 3.29. The minimum Gasteiger partial charge on any atom is -0.389 e. The fourth-order valence-electron chi connectivity index (χ4n) is 0.900. The van der Waals surface area contributed by atoms with Crippen molar-refractivity contribution in [1.82, 2.24) is 9.97 Å². The number of aryl methyl sites for hydroxylation is 1. The number of aromatic nitrogens is 2. The molecule has 1 aromatic rings. The third-order valence-corrected chi connectivity index (χ3v) is 1.81. The first kappa shape index (κ1) is 11.2. The molecule has 0 atom stereocenters. The molecule has 1 heterocycles. The second-order valence-corrected chi connectivity index (χ2v) is 4.17. The Hall–Kier alpha value is -0.870. The van der Waals surface area contributed by atoms with E-state index in [-0.39, 0.29) is 5.28 Å². The van der Waals surface area contributed by atoms with Crippen molar-refractivity contribution in [3.8, 4) is 0 Å². The topological polar surface area (TPSA) is 58.0 Å². The smallest absolute Gasteiger partial charge is 0.224 e. The summed E-state index contributed by atoms with van der Waals surface area (Å²) in [5, 5.41) is 12.7. The van der Waals surface area contributed by atoms with Gasteiger partial charge in [0, 0.05) is 18.3 Å². The number of aliphatic hydroxyl groups is 1. The highest BCUT2D eigenvalue weighted by Gasteiger charge is 2.13. The molecule has 4 nitrogen and oxygen atoms in total. The van der Waals surface area contributed by atoms with Gasteiger partial charge in [0.15, 0.2) is 0 Å². The van der Waals surface area contributed by atoms with Crippen LogP contribution in [-0.2, 0) is 0 Å². The van der Waals surface area contributed by atoms with Crippen molar-refractivity contribution in [2.45, 2.75) is 26.4 Å². The molecule has 1 aromatic heterocycles. The number of anilines is 1. The van der Waals surface area contributed by atoms with Gasteiger partial charge < -0.3 is 10.4 Å². The Labute approximate surface area is 88.3 Å². The summed E-state index contributed by atoms with van der Waals surface area (Å²) in [4.78, 5) is 7.84. The van der Waals surface area contributed by atoms with E-state index in [2.05, 4.69) is 15.3 Å². The maximum atomic E-state index is 9.50. The molecule has 0 aliphatic rings. The van der Waals surface area contributed by atoms with Crippen molar-refractivity contribution < 1.29 is 5.11 Å². The minimum absolute atomic E-state index is 0.203. The zero-order valence-corrected chi connectivity index (χ0v) is 9.26. The van der Waals surface area contributed by atoms with Gasteiger partial charge in [0.2, 0.25) is 5.28 Å². The maximum Gasteiger partial charge on any atom is 0.224 e. The number of rotatable bonds is 3. The maximum absolute atomic E-state index is 9.50. The number of nitrogens with zero attached hydrogens (tertiary/aromatic N) is 2. The van der Waals surface area contributed by atoms with Crippen molar-refractivity contribution >= 4 is 17.4 Å². The van der Waals surface area contributed by atoms with Crippen molar-refractivity contribution in [2.24, 2.45) is 0 Å². The van der Waals surface area contributed by atoms with Crippen molar-refractivity contribution in [3.63, 3.8) is 0 Å². The van der Waals surface area contributed by atoms with E-state index in [1.54, 1.807) is 20.0 Å². The molecular formula is C9H14ClN3O. The molecular weight excluding hydrogens is 202 g/mol. The zero-order valence-electron chi connectivity index (χ0n) is 8.50. The number of nitrogens with one attached hydrogen (secondary N) is 1. The van der Waals surface area contributed by atoms with Crippen LogP contribution in [0.5, 0.6) is 0 Å². The SMILES string of the molecule is Cc1cnc(Cl)nc1NCC(C)(C)O. The minimum atomic E-state index is -0.774. The van der Waals surface area contributed by atoms with Gasteiger partial charge >= 0.3 is 0 Å². The van der Waals surface area contributed by atoms with E-state index >= 15 is 0 Å². The summed E-state index contributed by atoms with van der Waals surface area (Å²) in [5.74, 6) is 0.659. The average Bonchev–Trinajstić information content (AvgIpc) is 2.05. The molecule has 5 heteroatoms. The van der Waals surface area contributed by atoms with Crippen LogP contribution in [0.2, 0.25) is 5.28 Å². The predicted octanol–water partition coefficient (Wildman–Crippen LogP) is 1.62. The molecule has 78 valence electrons. The normalized spacial score (nSPS) is 11.5. The molecule has 0 unspecified atom stereocenters. The lowest BCUT2D eigenvalue weighted by Crippen LogP contribution is -2.29. The fraction of sp³-hybridized carbons (Fsp3) is 0.556. The van der Waals surface area contributed by atoms with Gasteiger partial charge in [-0.3, -0.25) is 0 Å². The lowest BCUT2D eigenvalue weighted by Gasteiger charge is -2.18. The molecule has 0 saturated carbocycles. The van der Waals surface area contributed by atoms with Crippen LogP contribution in [0.15, 0.2) is 6.20 Å². The van der Waals surface area contributed by atoms with E-state index in [0.717, 1.165) is 5.56 Å². The second-order valence-electron chi connectivity index (χ2n) is 3.84. The van der Waals surface area contributed by atoms with Gasteiger partial charge in [0.1, 0.15) is 5.82 Å². The van der Waals surface area contributed by atoms with Crippen LogP contribution in [0.25, 0.3) is 0 Å². The lowest BCUT2D eigenvalue weighted by molar-refractivity contribution is 0.0944. The molecule has 2 N–H and O–H groups in total. The summed E-state index contributed by atoms with van der Waals surface area (Å²) in [5.41, 5.74) is 0.128. The van der Waals surface area contributed by atoms with Crippen LogP contribution in [-0.4, -0.2) is 27.2 Å². The average molecular weight is 216 g/mol. The van der Waals surface area contributed by atoms with E-state index in [1.807, 2.05) is 6.92 Å². The van der Waals surface area contributed by atoms with Crippen molar-refractivity contribution in [3.05, 3.63) is 17.0 Å². The van der Waals surface area contributed by atoms with Gasteiger partial charge in [-0.25, -0.2) is 9.97 Å². The fourth-order valence-corrected chi connectivity index (χ4v) is 1.03. The van der Waals surface area contributed by atoms with E-state index in [4.69, 9.17) is 11.6 Å². The van der Waals surface area contributed by atoms with E-state index in [9.17, 15) is 5.11 Å². The summed E-state index contributed by atoms with van der Waals surface area (Å²) < 4.78 is 0. The first-order valence-corrected chi connectivity index (χ1v) is 4.72. The summed E-state index contributed by atoms with van der Waals surface area (Å²) in [6.07, 6.45) is 1.64. The Balaban J connectivity index is 2.72. The Bertz CT molecular complexity index is 322. The van der Waals surface area contributed by atoms with Crippen LogP contribution in [0.4, 0.5) is 5.82 Å². The standard InChI is InChI=1S/C9H14ClN3O/c1-6-4-11-8(10)13-7(6)12-5-9(2,3)14/h4,14H,5H2,1-3H3,(H,11,12,13). The Morgan fingerprint density at radius 1 is 1.57 bits per heavy atom. The van der Waals surface area contributed by atoms with Crippen LogP contribution >= 0.6 is 11.6 Å². The summed E-state index contributed by atoms with van der Waals surface area (Å²) in [7, 11) is 0. The van der Waals surface area contributed by atoms with E-state index in [0.29, 0.717) is 12.4 Å². The molecule has 0 saturated heterocycles. The molecule has 14 heavy (non-hydrogen) atoms. The zero-order chi connectivity index (χ0) is 10.8. The summed E-state index contributed by atoms with van der Waals surface area (Å²) in [6, 6.07) is 0.